The van der Waals surface area contributed by atoms with Crippen molar-refractivity contribution in [3.8, 4) is 5.75 Å². The van der Waals surface area contributed by atoms with E-state index in [0.717, 1.165) is 24.3 Å². The van der Waals surface area contributed by atoms with E-state index in [1.54, 1.807) is 0 Å². The van der Waals surface area contributed by atoms with Gasteiger partial charge in [-0.05, 0) is 5.56 Å². The second-order valence-corrected chi connectivity index (χ2v) is 3.75. The van der Waals surface area contributed by atoms with Gasteiger partial charge in [-0.1, -0.05) is 34.1 Å². The zero-order valence-electron chi connectivity index (χ0n) is 7.16. The highest BCUT2D eigenvalue weighted by molar-refractivity contribution is 9.09. The van der Waals surface area contributed by atoms with Crippen LogP contribution in [0.5, 0.6) is 5.75 Å². The molecule has 1 N–H and O–H groups in total. The van der Waals surface area contributed by atoms with Crippen LogP contribution in [0, 0.1) is 0 Å². The van der Waals surface area contributed by atoms with Gasteiger partial charge in [-0.25, -0.2) is 0 Å². The van der Waals surface area contributed by atoms with Gasteiger partial charge < -0.3 is 9.84 Å². The van der Waals surface area contributed by atoms with Crippen molar-refractivity contribution in [1.82, 2.24) is 0 Å². The zero-order chi connectivity index (χ0) is 9.26. The quantitative estimate of drug-likeness (QED) is 0.805. The molecule has 0 amide bonds. The second-order valence-electron chi connectivity index (χ2n) is 3.10. The normalized spacial score (nSPS) is 16.5. The largest absolute Gasteiger partial charge is 0.493 e. The summed E-state index contributed by atoms with van der Waals surface area (Å²) in [5, 5.41) is 10.2. The third kappa shape index (κ3) is 1.58. The number of aliphatic hydroxyl groups excluding tert-OH is 1. The summed E-state index contributed by atoms with van der Waals surface area (Å²) in [6.45, 7) is 0.737. The predicted molar refractivity (Wildman–Crippen MR) is 54.4 cm³/mol. The van der Waals surface area contributed by atoms with Crippen LogP contribution in [0.1, 0.15) is 17.2 Å². The number of hydrogen-bond acceptors (Lipinski definition) is 2. The van der Waals surface area contributed by atoms with E-state index in [1.807, 2.05) is 18.2 Å². The number of hydrogen-bond donors (Lipinski definition) is 1. The van der Waals surface area contributed by atoms with Gasteiger partial charge in [-0.15, -0.1) is 0 Å². The number of alkyl halides is 1. The van der Waals surface area contributed by atoms with Gasteiger partial charge in [-0.3, -0.25) is 0 Å². The Bertz CT molecular complexity index is 312. The standard InChI is InChI=1S/C10H11BrO2/c11-6-9(12)8-3-1-2-7-4-5-13-10(7)8/h1-3,9,12H,4-6H2. The Morgan fingerprint density at radius 3 is 3.15 bits per heavy atom. The van der Waals surface area contributed by atoms with Crippen molar-refractivity contribution in [1.29, 1.82) is 0 Å². The van der Waals surface area contributed by atoms with Crippen LogP contribution in [-0.4, -0.2) is 17.0 Å². The monoisotopic (exact) mass is 242 g/mol. The molecule has 0 fully saturated rings. The van der Waals surface area contributed by atoms with Crippen molar-refractivity contribution in [2.24, 2.45) is 0 Å². The molecule has 0 aromatic heterocycles. The van der Waals surface area contributed by atoms with Crippen LogP contribution in [-0.2, 0) is 6.42 Å². The molecular weight excluding hydrogens is 232 g/mol. The minimum atomic E-state index is -0.465. The van der Waals surface area contributed by atoms with E-state index in [9.17, 15) is 5.11 Å². The molecule has 1 aromatic carbocycles. The van der Waals surface area contributed by atoms with Crippen molar-refractivity contribution in [3.63, 3.8) is 0 Å². The topological polar surface area (TPSA) is 29.5 Å². The van der Waals surface area contributed by atoms with Crippen LogP contribution in [0.3, 0.4) is 0 Å². The van der Waals surface area contributed by atoms with Gasteiger partial charge in [-0.2, -0.15) is 0 Å². The maximum Gasteiger partial charge on any atom is 0.128 e. The maximum absolute atomic E-state index is 9.67. The summed E-state index contributed by atoms with van der Waals surface area (Å²) in [5.74, 6) is 0.884. The first-order chi connectivity index (χ1) is 6.33. The summed E-state index contributed by atoms with van der Waals surface area (Å²) in [6.07, 6.45) is 0.492. The first-order valence-electron chi connectivity index (χ1n) is 4.31. The Morgan fingerprint density at radius 1 is 1.54 bits per heavy atom. The molecule has 0 saturated heterocycles. The molecule has 2 nitrogen and oxygen atoms in total. The van der Waals surface area contributed by atoms with E-state index in [1.165, 1.54) is 5.56 Å². The summed E-state index contributed by atoms with van der Waals surface area (Å²) in [7, 11) is 0. The second kappa shape index (κ2) is 3.68. The molecule has 0 spiro atoms. The van der Waals surface area contributed by atoms with Crippen LogP contribution in [0.4, 0.5) is 0 Å². The first kappa shape index (κ1) is 9.03. The SMILES string of the molecule is OC(CBr)c1cccc2c1OCC2. The lowest BCUT2D eigenvalue weighted by Gasteiger charge is -2.11. The van der Waals surface area contributed by atoms with Crippen LogP contribution in [0.15, 0.2) is 18.2 Å². The maximum atomic E-state index is 9.67. The molecule has 0 bridgehead atoms. The predicted octanol–water partition coefficient (Wildman–Crippen LogP) is 2.05. The Labute approximate surface area is 85.7 Å². The van der Waals surface area contributed by atoms with Crippen molar-refractivity contribution in [2.45, 2.75) is 12.5 Å². The van der Waals surface area contributed by atoms with Crippen LogP contribution in [0.2, 0.25) is 0 Å². The van der Waals surface area contributed by atoms with Gasteiger partial charge in [0.15, 0.2) is 0 Å². The van der Waals surface area contributed by atoms with Gasteiger partial charge in [0.2, 0.25) is 0 Å². The summed E-state index contributed by atoms with van der Waals surface area (Å²) in [5.41, 5.74) is 2.10. The van der Waals surface area contributed by atoms with Gasteiger partial charge in [0.05, 0.1) is 12.7 Å². The van der Waals surface area contributed by atoms with Crippen LogP contribution in [0.25, 0.3) is 0 Å². The summed E-state index contributed by atoms with van der Waals surface area (Å²) in [4.78, 5) is 0. The lowest BCUT2D eigenvalue weighted by Crippen LogP contribution is -2.00. The Morgan fingerprint density at radius 2 is 2.38 bits per heavy atom. The molecule has 70 valence electrons. The fraction of sp³-hybridized carbons (Fsp3) is 0.400. The zero-order valence-corrected chi connectivity index (χ0v) is 8.75. The molecule has 0 radical (unpaired) electrons. The average Bonchev–Trinajstić information content (AvgIpc) is 2.63. The molecule has 1 aromatic rings. The fourth-order valence-corrected chi connectivity index (χ4v) is 1.93. The number of halogens is 1. The highest BCUT2D eigenvalue weighted by Crippen LogP contribution is 2.33. The lowest BCUT2D eigenvalue weighted by atomic mass is 10.0. The third-order valence-electron chi connectivity index (χ3n) is 2.25. The minimum Gasteiger partial charge on any atom is -0.493 e. The number of rotatable bonds is 2. The Hall–Kier alpha value is -0.540. The minimum absolute atomic E-state index is 0.465. The van der Waals surface area contributed by atoms with Gasteiger partial charge in [0.1, 0.15) is 5.75 Å². The average molecular weight is 243 g/mol. The fourth-order valence-electron chi connectivity index (χ4n) is 1.59. The Balaban J connectivity index is 2.41. The van der Waals surface area contributed by atoms with Crippen molar-refractivity contribution >= 4 is 15.9 Å². The number of benzene rings is 1. The molecule has 1 heterocycles. The molecule has 13 heavy (non-hydrogen) atoms. The number of fused-ring (bicyclic) bond motifs is 1. The Kier molecular flexibility index (Phi) is 2.56. The molecule has 3 heteroatoms. The third-order valence-corrected chi connectivity index (χ3v) is 2.86. The number of ether oxygens (including phenoxy) is 1. The molecule has 1 aliphatic rings. The molecule has 0 saturated carbocycles. The molecule has 1 unspecified atom stereocenters. The molecular formula is C10H11BrO2. The number of para-hydroxylation sites is 1. The molecule has 2 rings (SSSR count). The van der Waals surface area contributed by atoms with Crippen molar-refractivity contribution < 1.29 is 9.84 Å². The van der Waals surface area contributed by atoms with Crippen molar-refractivity contribution in [2.75, 3.05) is 11.9 Å². The van der Waals surface area contributed by atoms with Crippen LogP contribution >= 0.6 is 15.9 Å². The smallest absolute Gasteiger partial charge is 0.128 e. The highest BCUT2D eigenvalue weighted by atomic mass is 79.9. The molecule has 0 aliphatic carbocycles. The van der Waals surface area contributed by atoms with E-state index in [-0.39, 0.29) is 0 Å². The van der Waals surface area contributed by atoms with E-state index < -0.39 is 6.10 Å². The first-order valence-corrected chi connectivity index (χ1v) is 5.43. The molecule has 1 aliphatic heterocycles. The van der Waals surface area contributed by atoms with E-state index in [0.29, 0.717) is 5.33 Å². The van der Waals surface area contributed by atoms with E-state index >= 15 is 0 Å². The summed E-state index contributed by atoms with van der Waals surface area (Å²) < 4.78 is 5.47. The lowest BCUT2D eigenvalue weighted by molar-refractivity contribution is 0.199. The van der Waals surface area contributed by atoms with E-state index in [4.69, 9.17) is 4.74 Å². The molecule has 1 atom stereocenters. The van der Waals surface area contributed by atoms with Crippen LogP contribution < -0.4 is 4.74 Å². The van der Waals surface area contributed by atoms with Gasteiger partial charge in [0.25, 0.3) is 0 Å². The number of aliphatic hydroxyl groups is 1. The van der Waals surface area contributed by atoms with Gasteiger partial charge >= 0.3 is 0 Å². The highest BCUT2D eigenvalue weighted by Gasteiger charge is 2.19. The summed E-state index contributed by atoms with van der Waals surface area (Å²) in [6, 6.07) is 5.93. The van der Waals surface area contributed by atoms with Gasteiger partial charge in [0, 0.05) is 17.3 Å². The summed E-state index contributed by atoms with van der Waals surface area (Å²) >= 11 is 3.25. The van der Waals surface area contributed by atoms with Crippen molar-refractivity contribution in [3.05, 3.63) is 29.3 Å². The van der Waals surface area contributed by atoms with E-state index in [2.05, 4.69) is 15.9 Å².